The molecule has 0 bridgehead atoms. The summed E-state index contributed by atoms with van der Waals surface area (Å²) in [4.78, 5) is 28.6. The van der Waals surface area contributed by atoms with Crippen molar-refractivity contribution >= 4 is 11.9 Å². The van der Waals surface area contributed by atoms with Gasteiger partial charge in [0.1, 0.15) is 5.56 Å². The number of nitrogens with zero attached hydrogens (tertiary/aromatic N) is 4. The van der Waals surface area contributed by atoms with Gasteiger partial charge < -0.3 is 14.5 Å². The molecule has 0 saturated carbocycles. The van der Waals surface area contributed by atoms with Crippen LogP contribution in [-0.2, 0) is 10.9 Å². The van der Waals surface area contributed by atoms with Crippen LogP contribution in [0.3, 0.4) is 0 Å². The quantitative estimate of drug-likeness (QED) is 0.671. The van der Waals surface area contributed by atoms with Crippen molar-refractivity contribution in [3.8, 4) is 5.69 Å². The van der Waals surface area contributed by atoms with E-state index >= 15 is 0 Å². The second-order valence-electron chi connectivity index (χ2n) is 7.53. The van der Waals surface area contributed by atoms with Gasteiger partial charge in [-0.3, -0.25) is 4.79 Å². The monoisotopic (exact) mass is 438 g/mol. The van der Waals surface area contributed by atoms with Crippen molar-refractivity contribution in [3.05, 3.63) is 47.3 Å². The van der Waals surface area contributed by atoms with Gasteiger partial charge in [0.05, 0.1) is 18.5 Å². The summed E-state index contributed by atoms with van der Waals surface area (Å²) in [5.74, 6) is -1.28. The Kier molecular flexibility index (Phi) is 6.68. The Labute approximate surface area is 178 Å². The molecule has 7 nitrogen and oxygen atoms in total. The third-order valence-electron chi connectivity index (χ3n) is 5.45. The van der Waals surface area contributed by atoms with E-state index in [9.17, 15) is 22.8 Å². The summed E-state index contributed by atoms with van der Waals surface area (Å²) in [6.45, 7) is 3.27. The van der Waals surface area contributed by atoms with Crippen LogP contribution in [0.4, 0.5) is 13.2 Å². The molecule has 31 heavy (non-hydrogen) atoms. The number of esters is 1. The van der Waals surface area contributed by atoms with E-state index in [0.717, 1.165) is 32.1 Å². The predicted molar refractivity (Wildman–Crippen MR) is 107 cm³/mol. The van der Waals surface area contributed by atoms with E-state index in [1.807, 2.05) is 7.05 Å². The molecular formula is C21H25F3N4O3. The van der Waals surface area contributed by atoms with Crippen molar-refractivity contribution in [2.75, 3.05) is 33.8 Å². The molecule has 10 heteroatoms. The highest BCUT2D eigenvalue weighted by Gasteiger charge is 2.41. The molecular weight excluding hydrogens is 413 g/mol. The minimum atomic E-state index is -4.82. The van der Waals surface area contributed by atoms with E-state index in [0.29, 0.717) is 10.2 Å². The van der Waals surface area contributed by atoms with Gasteiger partial charge in [-0.2, -0.15) is 18.3 Å². The molecule has 2 heterocycles. The molecule has 1 aliphatic heterocycles. The van der Waals surface area contributed by atoms with Crippen LogP contribution in [0.2, 0.25) is 0 Å². The molecule has 0 N–H and O–H groups in total. The van der Waals surface area contributed by atoms with Crippen molar-refractivity contribution in [2.45, 2.75) is 32.0 Å². The highest BCUT2D eigenvalue weighted by atomic mass is 19.4. The largest absolute Gasteiger partial charge is 0.462 e. The average molecular weight is 438 g/mol. The number of alkyl halides is 3. The highest BCUT2D eigenvalue weighted by Crippen LogP contribution is 2.34. The van der Waals surface area contributed by atoms with Gasteiger partial charge >= 0.3 is 12.1 Å². The lowest BCUT2D eigenvalue weighted by Gasteiger charge is -2.35. The first-order chi connectivity index (χ1) is 14.6. The number of hydrogen-bond acceptors (Lipinski definition) is 5. The van der Waals surface area contributed by atoms with Gasteiger partial charge in [0.15, 0.2) is 5.69 Å². The number of carbonyl (C=O) groups excluding carboxylic acids is 2. The van der Waals surface area contributed by atoms with Crippen LogP contribution < -0.4 is 0 Å². The SMILES string of the molecule is CCOC(=O)c1cnn(-c2ccc(C(=O)N(C)C3CCN(C)CC3)cc2)c1C(F)(F)F. The van der Waals surface area contributed by atoms with Crippen LogP contribution in [-0.4, -0.2) is 71.3 Å². The second-order valence-corrected chi connectivity index (χ2v) is 7.53. The number of rotatable bonds is 5. The summed E-state index contributed by atoms with van der Waals surface area (Å²) in [6, 6.07) is 5.82. The first-order valence-electron chi connectivity index (χ1n) is 10.0. The van der Waals surface area contributed by atoms with E-state index in [2.05, 4.69) is 10.00 Å². The molecule has 3 rings (SSSR count). The van der Waals surface area contributed by atoms with E-state index in [-0.39, 0.29) is 24.2 Å². The standard InChI is InChI=1S/C21H25F3N4O3/c1-4-31-20(30)17-13-25-28(18(17)21(22,23)24)16-7-5-14(6-8-16)19(29)27(3)15-9-11-26(2)12-10-15/h5-8,13,15H,4,9-12H2,1-3H3. The van der Waals surface area contributed by atoms with Crippen LogP contribution in [0.5, 0.6) is 0 Å². The fourth-order valence-electron chi connectivity index (χ4n) is 3.67. The van der Waals surface area contributed by atoms with E-state index in [4.69, 9.17) is 4.74 Å². The van der Waals surface area contributed by atoms with Gasteiger partial charge in [-0.05, 0) is 64.2 Å². The minimum absolute atomic E-state index is 0.0527. The van der Waals surface area contributed by atoms with Crippen molar-refractivity contribution in [1.29, 1.82) is 0 Å². The lowest BCUT2D eigenvalue weighted by molar-refractivity contribution is -0.143. The minimum Gasteiger partial charge on any atom is -0.462 e. The smallest absolute Gasteiger partial charge is 0.434 e. The van der Waals surface area contributed by atoms with Crippen LogP contribution >= 0.6 is 0 Å². The summed E-state index contributed by atoms with van der Waals surface area (Å²) in [5.41, 5.74) is -1.41. The lowest BCUT2D eigenvalue weighted by Crippen LogP contribution is -2.44. The summed E-state index contributed by atoms with van der Waals surface area (Å²) in [7, 11) is 3.78. The van der Waals surface area contributed by atoms with Crippen molar-refractivity contribution < 1.29 is 27.5 Å². The second kappa shape index (κ2) is 9.09. The van der Waals surface area contributed by atoms with Crippen molar-refractivity contribution in [2.24, 2.45) is 0 Å². The van der Waals surface area contributed by atoms with Crippen LogP contribution in [0.25, 0.3) is 5.69 Å². The topological polar surface area (TPSA) is 67.7 Å². The Hall–Kier alpha value is -2.88. The Morgan fingerprint density at radius 2 is 1.81 bits per heavy atom. The molecule has 1 amide bonds. The molecule has 0 radical (unpaired) electrons. The third kappa shape index (κ3) is 4.90. The molecule has 168 valence electrons. The Bertz CT molecular complexity index is 932. The first kappa shape index (κ1) is 22.8. The molecule has 0 atom stereocenters. The molecule has 1 aromatic carbocycles. The molecule has 2 aromatic rings. The third-order valence-corrected chi connectivity index (χ3v) is 5.45. The zero-order chi connectivity index (χ0) is 22.8. The Balaban J connectivity index is 1.84. The fourth-order valence-corrected chi connectivity index (χ4v) is 3.67. The maximum absolute atomic E-state index is 13.6. The van der Waals surface area contributed by atoms with Crippen LogP contribution in [0.1, 0.15) is 46.2 Å². The van der Waals surface area contributed by atoms with Gasteiger partial charge in [0.2, 0.25) is 0 Å². The molecule has 0 aliphatic carbocycles. The maximum Gasteiger partial charge on any atom is 0.434 e. The molecule has 0 spiro atoms. The fraction of sp³-hybridized carbons (Fsp3) is 0.476. The number of piperidine rings is 1. The number of halogens is 3. The lowest BCUT2D eigenvalue weighted by atomic mass is 10.0. The molecule has 1 aromatic heterocycles. The summed E-state index contributed by atoms with van der Waals surface area (Å²) >= 11 is 0. The highest BCUT2D eigenvalue weighted by molar-refractivity contribution is 5.94. The number of aromatic nitrogens is 2. The number of amides is 1. The number of benzene rings is 1. The van der Waals surface area contributed by atoms with Crippen molar-refractivity contribution in [1.82, 2.24) is 19.6 Å². The first-order valence-corrected chi connectivity index (χ1v) is 10.0. The number of carbonyl (C=O) groups is 2. The van der Waals surface area contributed by atoms with Gasteiger partial charge in [0.25, 0.3) is 5.91 Å². The Morgan fingerprint density at radius 3 is 2.35 bits per heavy atom. The maximum atomic E-state index is 13.6. The molecule has 1 fully saturated rings. The summed E-state index contributed by atoms with van der Waals surface area (Å²) in [6.07, 6.45) is -2.24. The predicted octanol–water partition coefficient (Wildman–Crippen LogP) is 3.23. The van der Waals surface area contributed by atoms with E-state index in [1.165, 1.54) is 31.2 Å². The summed E-state index contributed by atoms with van der Waals surface area (Å²) < 4.78 is 46.3. The van der Waals surface area contributed by atoms with Crippen LogP contribution in [0, 0.1) is 0 Å². The van der Waals surface area contributed by atoms with Gasteiger partial charge in [0, 0.05) is 18.7 Å². The Morgan fingerprint density at radius 1 is 1.19 bits per heavy atom. The van der Waals surface area contributed by atoms with Crippen LogP contribution in [0.15, 0.2) is 30.5 Å². The molecule has 1 saturated heterocycles. The van der Waals surface area contributed by atoms with E-state index < -0.39 is 23.4 Å². The normalized spacial score (nSPS) is 15.7. The number of likely N-dealkylation sites (tertiary alicyclic amines) is 1. The van der Waals surface area contributed by atoms with Gasteiger partial charge in [-0.25, -0.2) is 9.48 Å². The number of hydrogen-bond donors (Lipinski definition) is 0. The zero-order valence-corrected chi connectivity index (χ0v) is 17.6. The van der Waals surface area contributed by atoms with Gasteiger partial charge in [-0.15, -0.1) is 0 Å². The summed E-state index contributed by atoms with van der Waals surface area (Å²) in [5, 5.41) is 3.74. The number of ether oxygens (including phenoxy) is 1. The van der Waals surface area contributed by atoms with Gasteiger partial charge in [-0.1, -0.05) is 0 Å². The van der Waals surface area contributed by atoms with E-state index in [1.54, 1.807) is 11.9 Å². The molecule has 0 unspecified atom stereocenters. The average Bonchev–Trinajstić information content (AvgIpc) is 3.19. The van der Waals surface area contributed by atoms with Crippen molar-refractivity contribution in [3.63, 3.8) is 0 Å². The zero-order valence-electron chi connectivity index (χ0n) is 17.6. The molecule has 1 aliphatic rings.